The summed E-state index contributed by atoms with van der Waals surface area (Å²) < 4.78 is 0. The second-order valence-corrected chi connectivity index (χ2v) is 7.92. The van der Waals surface area contributed by atoms with Gasteiger partial charge in [0.1, 0.15) is 12.1 Å². The number of nitrogens with zero attached hydrogens (tertiary/aromatic N) is 1. The van der Waals surface area contributed by atoms with Gasteiger partial charge in [0.25, 0.3) is 5.91 Å². The van der Waals surface area contributed by atoms with E-state index in [1.54, 1.807) is 18.0 Å². The monoisotopic (exact) mass is 434 g/mol. The number of aromatic nitrogens is 1. The van der Waals surface area contributed by atoms with Crippen LogP contribution in [0.5, 0.6) is 0 Å². The van der Waals surface area contributed by atoms with Crippen LogP contribution in [-0.4, -0.2) is 35.2 Å². The minimum absolute atomic E-state index is 0.279. The van der Waals surface area contributed by atoms with Gasteiger partial charge in [-0.2, -0.15) is 11.8 Å². The van der Waals surface area contributed by atoms with Crippen molar-refractivity contribution in [2.45, 2.75) is 19.0 Å². The lowest BCUT2D eigenvalue weighted by molar-refractivity contribution is -0.109. The number of hydrogen-bond donors (Lipinski definition) is 3. The standard InChI is InChI=1S/C24H26N4O2S/c1-31-14-12-20(17-29)27-28-24(30)21-11-10-18(16-26-23-9-5-6-13-25-23)15-22(21)19-7-3-2-4-8-19/h2-11,13,15,17,20,27H,12,14,16H2,1H3,(H,25,26)(H,28,30)/t20-/m1/s1. The van der Waals surface area contributed by atoms with Crippen molar-refractivity contribution in [2.75, 3.05) is 17.3 Å². The van der Waals surface area contributed by atoms with E-state index in [1.165, 1.54) is 0 Å². The van der Waals surface area contributed by atoms with Crippen LogP contribution in [0.25, 0.3) is 11.1 Å². The highest BCUT2D eigenvalue weighted by Gasteiger charge is 2.15. The van der Waals surface area contributed by atoms with Crippen LogP contribution in [0.3, 0.4) is 0 Å². The maximum atomic E-state index is 12.9. The fourth-order valence-electron chi connectivity index (χ4n) is 3.06. The maximum absolute atomic E-state index is 12.9. The van der Waals surface area contributed by atoms with Crippen molar-refractivity contribution in [1.82, 2.24) is 15.8 Å². The largest absolute Gasteiger partial charge is 0.366 e. The van der Waals surface area contributed by atoms with Crippen LogP contribution in [0.4, 0.5) is 5.82 Å². The van der Waals surface area contributed by atoms with Crippen LogP contribution < -0.4 is 16.2 Å². The van der Waals surface area contributed by atoms with Gasteiger partial charge < -0.3 is 10.1 Å². The van der Waals surface area contributed by atoms with E-state index in [4.69, 9.17) is 0 Å². The molecule has 1 amide bonds. The number of carbonyl (C=O) groups excluding carboxylic acids is 2. The molecule has 3 aromatic rings. The van der Waals surface area contributed by atoms with E-state index in [-0.39, 0.29) is 5.91 Å². The first kappa shape index (κ1) is 22.5. The summed E-state index contributed by atoms with van der Waals surface area (Å²) in [5.74, 6) is 1.35. The quantitative estimate of drug-likeness (QED) is 0.313. The zero-order valence-corrected chi connectivity index (χ0v) is 18.2. The lowest BCUT2D eigenvalue weighted by atomic mass is 9.96. The van der Waals surface area contributed by atoms with Crippen LogP contribution in [0.1, 0.15) is 22.3 Å². The van der Waals surface area contributed by atoms with E-state index in [9.17, 15) is 9.59 Å². The number of carbonyl (C=O) groups is 2. The van der Waals surface area contributed by atoms with Crippen LogP contribution in [0.2, 0.25) is 0 Å². The molecule has 3 N–H and O–H groups in total. The maximum Gasteiger partial charge on any atom is 0.266 e. The molecule has 7 heteroatoms. The summed E-state index contributed by atoms with van der Waals surface area (Å²) >= 11 is 1.66. The molecule has 0 aliphatic carbocycles. The summed E-state index contributed by atoms with van der Waals surface area (Å²) in [7, 11) is 0. The Hall–Kier alpha value is -3.16. The Morgan fingerprint density at radius 2 is 1.90 bits per heavy atom. The molecule has 160 valence electrons. The topological polar surface area (TPSA) is 83.1 Å². The second-order valence-electron chi connectivity index (χ2n) is 6.94. The lowest BCUT2D eigenvalue weighted by Gasteiger charge is -2.16. The van der Waals surface area contributed by atoms with Gasteiger partial charge in [-0.1, -0.05) is 42.5 Å². The minimum atomic E-state index is -0.418. The van der Waals surface area contributed by atoms with E-state index in [0.717, 1.165) is 34.5 Å². The number of aldehydes is 1. The summed E-state index contributed by atoms with van der Waals surface area (Å²) in [5, 5.41) is 3.29. The van der Waals surface area contributed by atoms with Gasteiger partial charge in [0.05, 0.1) is 6.04 Å². The van der Waals surface area contributed by atoms with Crippen molar-refractivity contribution in [2.24, 2.45) is 0 Å². The first-order valence-electron chi connectivity index (χ1n) is 10.0. The first-order chi connectivity index (χ1) is 15.2. The lowest BCUT2D eigenvalue weighted by Crippen LogP contribution is -2.45. The third-order valence-electron chi connectivity index (χ3n) is 4.72. The number of anilines is 1. The van der Waals surface area contributed by atoms with Gasteiger partial charge in [-0.25, -0.2) is 10.4 Å². The highest BCUT2D eigenvalue weighted by atomic mass is 32.2. The van der Waals surface area contributed by atoms with Crippen LogP contribution in [0, 0.1) is 0 Å². The van der Waals surface area contributed by atoms with Crippen molar-refractivity contribution >= 4 is 29.8 Å². The molecule has 0 spiro atoms. The van der Waals surface area contributed by atoms with E-state index in [0.29, 0.717) is 18.5 Å². The first-order valence-corrected chi connectivity index (χ1v) is 11.4. The molecule has 6 nitrogen and oxygen atoms in total. The number of hydrogen-bond acceptors (Lipinski definition) is 6. The molecule has 0 saturated carbocycles. The molecular weight excluding hydrogens is 408 g/mol. The van der Waals surface area contributed by atoms with Crippen molar-refractivity contribution in [1.29, 1.82) is 0 Å². The molecule has 0 fully saturated rings. The predicted octanol–water partition coefficient (Wildman–Crippen LogP) is 3.92. The molecule has 0 unspecified atom stereocenters. The number of rotatable bonds is 11. The van der Waals surface area contributed by atoms with Gasteiger partial charge in [0.2, 0.25) is 0 Å². The van der Waals surface area contributed by atoms with Crippen molar-refractivity contribution in [3.8, 4) is 11.1 Å². The second kappa shape index (κ2) is 11.9. The van der Waals surface area contributed by atoms with Gasteiger partial charge in [-0.3, -0.25) is 10.2 Å². The molecular formula is C24H26N4O2S. The molecule has 3 rings (SSSR count). The van der Waals surface area contributed by atoms with Gasteiger partial charge in [0, 0.05) is 18.3 Å². The number of hydrazine groups is 1. The molecule has 0 aliphatic rings. The van der Waals surface area contributed by atoms with Crippen LogP contribution >= 0.6 is 11.8 Å². The van der Waals surface area contributed by atoms with E-state index in [2.05, 4.69) is 21.2 Å². The highest BCUT2D eigenvalue weighted by Crippen LogP contribution is 2.25. The molecule has 0 radical (unpaired) electrons. The molecule has 1 atom stereocenters. The third-order valence-corrected chi connectivity index (χ3v) is 5.36. The number of amides is 1. The van der Waals surface area contributed by atoms with E-state index in [1.807, 2.05) is 73.0 Å². The smallest absolute Gasteiger partial charge is 0.266 e. The molecule has 31 heavy (non-hydrogen) atoms. The Morgan fingerprint density at radius 3 is 2.61 bits per heavy atom. The number of pyridine rings is 1. The Labute approximate surface area is 186 Å². The van der Waals surface area contributed by atoms with Gasteiger partial charge >= 0.3 is 0 Å². The number of benzene rings is 2. The highest BCUT2D eigenvalue weighted by molar-refractivity contribution is 7.98. The van der Waals surface area contributed by atoms with E-state index < -0.39 is 6.04 Å². The third kappa shape index (κ3) is 6.67. The average molecular weight is 435 g/mol. The Morgan fingerprint density at radius 1 is 1.10 bits per heavy atom. The predicted molar refractivity (Wildman–Crippen MR) is 127 cm³/mol. The zero-order chi connectivity index (χ0) is 21.9. The van der Waals surface area contributed by atoms with E-state index >= 15 is 0 Å². The summed E-state index contributed by atoms with van der Waals surface area (Å²) in [5.41, 5.74) is 8.87. The SMILES string of the molecule is CSCC[C@H](C=O)NNC(=O)c1ccc(CNc2ccccn2)cc1-c1ccccc1. The van der Waals surface area contributed by atoms with Crippen molar-refractivity contribution < 1.29 is 9.59 Å². The fourth-order valence-corrected chi connectivity index (χ4v) is 3.55. The normalized spacial score (nSPS) is 11.5. The summed E-state index contributed by atoms with van der Waals surface area (Å²) in [6, 6.07) is 20.8. The Balaban J connectivity index is 1.78. The number of thioether (sulfide) groups is 1. The molecule has 0 saturated heterocycles. The summed E-state index contributed by atoms with van der Waals surface area (Å²) in [4.78, 5) is 28.4. The molecule has 2 aromatic carbocycles. The van der Waals surface area contributed by atoms with Gasteiger partial charge in [-0.15, -0.1) is 0 Å². The van der Waals surface area contributed by atoms with Gasteiger partial charge in [0.15, 0.2) is 0 Å². The van der Waals surface area contributed by atoms with Crippen molar-refractivity contribution in [3.63, 3.8) is 0 Å². The molecule has 0 bridgehead atoms. The molecule has 1 heterocycles. The molecule has 0 aliphatic heterocycles. The molecule has 1 aromatic heterocycles. The average Bonchev–Trinajstić information content (AvgIpc) is 2.83. The van der Waals surface area contributed by atoms with Crippen LogP contribution in [0.15, 0.2) is 72.9 Å². The fraction of sp³-hybridized carbons (Fsp3) is 0.208. The van der Waals surface area contributed by atoms with Crippen molar-refractivity contribution in [3.05, 3.63) is 84.1 Å². The minimum Gasteiger partial charge on any atom is -0.366 e. The summed E-state index contributed by atoms with van der Waals surface area (Å²) in [6.07, 6.45) is 5.19. The zero-order valence-electron chi connectivity index (χ0n) is 17.4. The van der Waals surface area contributed by atoms with Crippen LogP contribution in [-0.2, 0) is 11.3 Å². The van der Waals surface area contributed by atoms with Gasteiger partial charge in [-0.05, 0) is 59.4 Å². The Kier molecular flexibility index (Phi) is 8.63. The summed E-state index contributed by atoms with van der Waals surface area (Å²) in [6.45, 7) is 0.582. The Bertz CT molecular complexity index is 983. The number of nitrogens with one attached hydrogen (secondary N) is 3.